The van der Waals surface area contributed by atoms with E-state index in [-0.39, 0.29) is 39.6 Å². The van der Waals surface area contributed by atoms with Gasteiger partial charge in [0.2, 0.25) is 0 Å². The Labute approximate surface area is 200 Å². The van der Waals surface area contributed by atoms with Crippen LogP contribution in [-0.4, -0.2) is 27.8 Å². The second-order valence-electron chi connectivity index (χ2n) is 7.24. The number of hydrogen-bond donors (Lipinski definition) is 0. The van der Waals surface area contributed by atoms with E-state index in [0.717, 1.165) is 4.90 Å². The van der Waals surface area contributed by atoms with E-state index in [2.05, 4.69) is 9.97 Å². The number of nitrogens with zero attached hydrogens (tertiary/aromatic N) is 3. The number of carbonyl (C=O) groups excluding carboxylic acids is 1. The summed E-state index contributed by atoms with van der Waals surface area (Å²) in [5, 5.41) is 0.286. The summed E-state index contributed by atoms with van der Waals surface area (Å²) in [7, 11) is 1.23. The Morgan fingerprint density at radius 2 is 1.56 bits per heavy atom. The predicted molar refractivity (Wildman–Crippen MR) is 114 cm³/mol. The molecule has 0 aliphatic rings. The second kappa shape index (κ2) is 9.79. The monoisotopic (exact) mass is 521 g/mol. The van der Waals surface area contributed by atoms with Crippen molar-refractivity contribution < 1.29 is 31.1 Å². The number of benzene rings is 2. The van der Waals surface area contributed by atoms with Crippen molar-refractivity contribution in [3.8, 4) is 11.1 Å². The van der Waals surface area contributed by atoms with Crippen LogP contribution in [0.25, 0.3) is 11.1 Å². The third-order valence-corrected chi connectivity index (χ3v) is 5.31. The van der Waals surface area contributed by atoms with Gasteiger partial charge in [0.25, 0.3) is 5.91 Å². The summed E-state index contributed by atoms with van der Waals surface area (Å²) in [6.07, 6.45) is -8.67. The summed E-state index contributed by atoms with van der Waals surface area (Å²) in [4.78, 5) is 22.3. The van der Waals surface area contributed by atoms with E-state index in [1.54, 1.807) is 24.3 Å². The number of hydrogen-bond acceptors (Lipinski definition) is 3. The maximum atomic E-state index is 13.2. The molecule has 1 aromatic heterocycles. The lowest BCUT2D eigenvalue weighted by atomic mass is 10.0. The first-order chi connectivity index (χ1) is 15.8. The molecule has 1 amide bonds. The van der Waals surface area contributed by atoms with Gasteiger partial charge in [-0.2, -0.15) is 26.3 Å². The molecule has 0 aliphatic carbocycles. The molecule has 0 unspecified atom stereocenters. The van der Waals surface area contributed by atoms with E-state index >= 15 is 0 Å². The smallest absolute Gasteiger partial charge is 0.336 e. The van der Waals surface area contributed by atoms with Gasteiger partial charge in [0.1, 0.15) is 11.5 Å². The molecule has 1 heterocycles. The van der Waals surface area contributed by atoms with Crippen LogP contribution in [0.1, 0.15) is 33.0 Å². The highest BCUT2D eigenvalue weighted by Crippen LogP contribution is 2.37. The molecule has 0 saturated heterocycles. The number of carbonyl (C=O) groups is 1. The summed E-state index contributed by atoms with van der Waals surface area (Å²) in [5.41, 5.74) is -2.80. The highest BCUT2D eigenvalue weighted by Gasteiger charge is 2.37. The molecule has 34 heavy (non-hydrogen) atoms. The molecular weight excluding hydrogens is 507 g/mol. The molecule has 3 aromatic rings. The third kappa shape index (κ3) is 5.79. The lowest BCUT2D eigenvalue weighted by Gasteiger charge is -2.21. The lowest BCUT2D eigenvalue weighted by molar-refractivity contribution is -0.143. The number of rotatable bonds is 5. The van der Waals surface area contributed by atoms with Gasteiger partial charge in [-0.25, -0.2) is 9.97 Å². The molecule has 0 atom stereocenters. The molecule has 3 rings (SSSR count). The molecule has 180 valence electrons. The average molecular weight is 522 g/mol. The van der Waals surface area contributed by atoms with Crippen molar-refractivity contribution in [1.29, 1.82) is 0 Å². The molecule has 12 heteroatoms. The minimum absolute atomic E-state index is 0.0258. The number of halogens is 8. The van der Waals surface area contributed by atoms with Crippen molar-refractivity contribution in [2.75, 3.05) is 7.05 Å². The summed E-state index contributed by atoms with van der Waals surface area (Å²) in [6, 6.07) is 7.68. The van der Waals surface area contributed by atoms with Crippen molar-refractivity contribution in [1.82, 2.24) is 14.9 Å². The lowest BCUT2D eigenvalue weighted by Crippen LogP contribution is -2.28. The Balaban J connectivity index is 2.02. The SMILES string of the molecule is CN(Cc1cc(C(F)(F)F)cc(C(F)(F)F)c1)C(=O)c1nc(CCl)ncc1-c1ccccc1Cl. The van der Waals surface area contributed by atoms with Crippen LogP contribution in [-0.2, 0) is 24.8 Å². The normalized spacial score (nSPS) is 12.0. The fraction of sp³-hybridized carbons (Fsp3) is 0.227. The van der Waals surface area contributed by atoms with Crippen LogP contribution >= 0.6 is 23.2 Å². The zero-order chi connectivity index (χ0) is 25.3. The fourth-order valence-electron chi connectivity index (χ4n) is 3.16. The first-order valence-electron chi connectivity index (χ1n) is 9.52. The van der Waals surface area contributed by atoms with E-state index in [1.807, 2.05) is 0 Å². The van der Waals surface area contributed by atoms with Crippen LogP contribution in [0.2, 0.25) is 5.02 Å². The zero-order valence-corrected chi connectivity index (χ0v) is 18.8. The predicted octanol–water partition coefficient (Wildman–Crippen LogP) is 6.85. The van der Waals surface area contributed by atoms with Gasteiger partial charge in [-0.05, 0) is 29.8 Å². The van der Waals surface area contributed by atoms with E-state index in [0.29, 0.717) is 17.7 Å². The summed E-state index contributed by atoms with van der Waals surface area (Å²) in [5.74, 6) is -0.794. The van der Waals surface area contributed by atoms with Crippen LogP contribution in [0.15, 0.2) is 48.7 Å². The van der Waals surface area contributed by atoms with E-state index in [4.69, 9.17) is 23.2 Å². The standard InChI is InChI=1S/C22H15Cl2F6N3O/c1-33(11-12-6-13(21(25,26)27)8-14(7-12)22(28,29)30)20(34)19-16(10-31-18(9-23)32-19)15-4-2-3-5-17(15)24/h2-8,10H,9,11H2,1H3. The molecule has 0 fully saturated rings. The van der Waals surface area contributed by atoms with Crippen LogP contribution in [0.3, 0.4) is 0 Å². The topological polar surface area (TPSA) is 46.1 Å². The van der Waals surface area contributed by atoms with Gasteiger partial charge < -0.3 is 4.90 Å². The molecule has 0 aliphatic heterocycles. The van der Waals surface area contributed by atoms with Gasteiger partial charge >= 0.3 is 12.4 Å². The van der Waals surface area contributed by atoms with Crippen molar-refractivity contribution in [2.24, 2.45) is 0 Å². The van der Waals surface area contributed by atoms with Gasteiger partial charge in [-0.15, -0.1) is 11.6 Å². The number of aromatic nitrogens is 2. The summed E-state index contributed by atoms with van der Waals surface area (Å²) < 4.78 is 79.0. The highest BCUT2D eigenvalue weighted by atomic mass is 35.5. The minimum Gasteiger partial charge on any atom is -0.336 e. The highest BCUT2D eigenvalue weighted by molar-refractivity contribution is 6.33. The van der Waals surface area contributed by atoms with Gasteiger partial charge in [0.05, 0.1) is 17.0 Å². The van der Waals surface area contributed by atoms with Crippen molar-refractivity contribution >= 4 is 29.1 Å². The van der Waals surface area contributed by atoms with E-state index in [1.165, 1.54) is 13.2 Å². The number of alkyl halides is 7. The average Bonchev–Trinajstić information content (AvgIpc) is 2.77. The first kappa shape index (κ1) is 25.8. The quantitative estimate of drug-likeness (QED) is 0.272. The van der Waals surface area contributed by atoms with Crippen LogP contribution in [0, 0.1) is 0 Å². The van der Waals surface area contributed by atoms with E-state index in [9.17, 15) is 31.1 Å². The van der Waals surface area contributed by atoms with Gasteiger partial charge in [-0.1, -0.05) is 29.8 Å². The number of amides is 1. The molecule has 2 aromatic carbocycles. The molecule has 0 spiro atoms. The van der Waals surface area contributed by atoms with Crippen LogP contribution in [0.4, 0.5) is 26.3 Å². The molecular formula is C22H15Cl2F6N3O. The Kier molecular flexibility index (Phi) is 7.42. The Morgan fingerprint density at radius 3 is 2.09 bits per heavy atom. The maximum Gasteiger partial charge on any atom is 0.416 e. The Bertz CT molecular complexity index is 1180. The molecule has 0 bridgehead atoms. The minimum atomic E-state index is -5.00. The van der Waals surface area contributed by atoms with Crippen LogP contribution in [0.5, 0.6) is 0 Å². The first-order valence-corrected chi connectivity index (χ1v) is 10.4. The summed E-state index contributed by atoms with van der Waals surface area (Å²) in [6.45, 7) is -0.548. The van der Waals surface area contributed by atoms with Crippen LogP contribution < -0.4 is 0 Å². The molecule has 0 saturated carbocycles. The molecule has 0 N–H and O–H groups in total. The Morgan fingerprint density at radius 1 is 0.971 bits per heavy atom. The van der Waals surface area contributed by atoms with Gasteiger partial charge in [-0.3, -0.25) is 4.79 Å². The summed E-state index contributed by atoms with van der Waals surface area (Å²) >= 11 is 12.0. The fourth-order valence-corrected chi connectivity index (χ4v) is 3.53. The van der Waals surface area contributed by atoms with Crippen molar-refractivity contribution in [2.45, 2.75) is 24.8 Å². The Hall–Kier alpha value is -2.85. The third-order valence-electron chi connectivity index (χ3n) is 4.74. The zero-order valence-electron chi connectivity index (χ0n) is 17.3. The molecule has 0 radical (unpaired) electrons. The van der Waals surface area contributed by atoms with Gasteiger partial charge in [0, 0.05) is 35.9 Å². The molecule has 4 nitrogen and oxygen atoms in total. The van der Waals surface area contributed by atoms with E-state index < -0.39 is 35.9 Å². The van der Waals surface area contributed by atoms with Crippen molar-refractivity contribution in [3.63, 3.8) is 0 Å². The van der Waals surface area contributed by atoms with Crippen molar-refractivity contribution in [3.05, 3.63) is 81.9 Å². The largest absolute Gasteiger partial charge is 0.416 e. The van der Waals surface area contributed by atoms with Gasteiger partial charge in [0.15, 0.2) is 0 Å². The second-order valence-corrected chi connectivity index (χ2v) is 7.91. The maximum absolute atomic E-state index is 13.2.